The van der Waals surface area contributed by atoms with Crippen LogP contribution in [0, 0.1) is 0 Å². The third-order valence-corrected chi connectivity index (χ3v) is 1.13. The van der Waals surface area contributed by atoms with Crippen molar-refractivity contribution in [3.8, 4) is 5.75 Å². The van der Waals surface area contributed by atoms with Crippen molar-refractivity contribution < 1.29 is 36.1 Å². The van der Waals surface area contributed by atoms with E-state index in [2.05, 4.69) is 6.58 Å². The normalized spacial score (nSPS) is 8.00. The SMILES string of the molecule is C=Cc1ccc(O)cc1.[H-].[Na+]. The van der Waals surface area contributed by atoms with E-state index in [-0.39, 0.29) is 31.0 Å². The van der Waals surface area contributed by atoms with Gasteiger partial charge in [0.05, 0.1) is 0 Å². The van der Waals surface area contributed by atoms with E-state index in [9.17, 15) is 0 Å². The van der Waals surface area contributed by atoms with Crippen LogP contribution >= 0.6 is 0 Å². The van der Waals surface area contributed by atoms with Crippen molar-refractivity contribution in [1.29, 1.82) is 0 Å². The topological polar surface area (TPSA) is 20.2 Å². The molecule has 0 aromatic heterocycles. The third-order valence-electron chi connectivity index (χ3n) is 1.13. The van der Waals surface area contributed by atoms with Crippen molar-refractivity contribution in [3.63, 3.8) is 0 Å². The van der Waals surface area contributed by atoms with Gasteiger partial charge in [-0.2, -0.15) is 0 Å². The van der Waals surface area contributed by atoms with Crippen molar-refractivity contribution in [2.24, 2.45) is 0 Å². The maximum Gasteiger partial charge on any atom is 1.00 e. The second-order valence-corrected chi connectivity index (χ2v) is 1.80. The van der Waals surface area contributed by atoms with Gasteiger partial charge >= 0.3 is 29.6 Å². The maximum atomic E-state index is 8.82. The van der Waals surface area contributed by atoms with Crippen molar-refractivity contribution in [2.45, 2.75) is 0 Å². The summed E-state index contributed by atoms with van der Waals surface area (Å²) in [6, 6.07) is 6.89. The molecular formula is C8H9NaO. The Balaban J connectivity index is 0. The number of phenolic OH excluding ortho intramolecular Hbond substituents is 1. The fraction of sp³-hybridized carbons (Fsp3) is 0. The van der Waals surface area contributed by atoms with E-state index in [0.717, 1.165) is 5.56 Å². The zero-order valence-corrected chi connectivity index (χ0v) is 8.04. The zero-order chi connectivity index (χ0) is 6.69. The molecule has 1 rings (SSSR count). The van der Waals surface area contributed by atoms with Gasteiger partial charge in [0.15, 0.2) is 0 Å². The first kappa shape index (κ1) is 9.76. The van der Waals surface area contributed by atoms with Gasteiger partial charge in [-0.1, -0.05) is 24.8 Å². The molecule has 1 aromatic rings. The van der Waals surface area contributed by atoms with E-state index in [4.69, 9.17) is 5.11 Å². The summed E-state index contributed by atoms with van der Waals surface area (Å²) in [5, 5.41) is 8.82. The van der Waals surface area contributed by atoms with Gasteiger partial charge in [-0.3, -0.25) is 0 Å². The van der Waals surface area contributed by atoms with Crippen LogP contribution in [0.4, 0.5) is 0 Å². The van der Waals surface area contributed by atoms with Crippen LogP contribution in [0.1, 0.15) is 6.99 Å². The Hall–Kier alpha value is -0.240. The van der Waals surface area contributed by atoms with Crippen LogP contribution in [0.3, 0.4) is 0 Å². The fourth-order valence-electron chi connectivity index (χ4n) is 0.610. The molecule has 0 aliphatic heterocycles. The van der Waals surface area contributed by atoms with Gasteiger partial charge in [-0.15, -0.1) is 0 Å². The molecule has 0 radical (unpaired) electrons. The molecular weight excluding hydrogens is 135 g/mol. The quantitative estimate of drug-likeness (QED) is 0.509. The standard InChI is InChI=1S/C8H8O.Na.H/c1-2-7-3-5-8(9)6-4-7;;/h2-6,9H,1H2;;/q;+1;-1. The Morgan fingerprint density at radius 1 is 1.30 bits per heavy atom. The van der Waals surface area contributed by atoms with Gasteiger partial charge in [0.2, 0.25) is 0 Å². The number of benzene rings is 1. The molecule has 0 spiro atoms. The van der Waals surface area contributed by atoms with Gasteiger partial charge in [-0.05, 0) is 17.7 Å². The summed E-state index contributed by atoms with van der Waals surface area (Å²) >= 11 is 0. The van der Waals surface area contributed by atoms with Crippen molar-refractivity contribution >= 4 is 6.08 Å². The Kier molecular flexibility index (Phi) is 4.45. The van der Waals surface area contributed by atoms with Crippen molar-refractivity contribution in [2.75, 3.05) is 0 Å². The minimum atomic E-state index is 0. The van der Waals surface area contributed by atoms with Crippen LogP contribution in [-0.2, 0) is 0 Å². The van der Waals surface area contributed by atoms with E-state index in [1.165, 1.54) is 0 Å². The molecule has 1 aromatic carbocycles. The Morgan fingerprint density at radius 3 is 2.20 bits per heavy atom. The minimum Gasteiger partial charge on any atom is -1.00 e. The average Bonchev–Trinajstić information content (AvgIpc) is 1.90. The molecule has 48 valence electrons. The molecule has 0 fully saturated rings. The number of hydrogen-bond acceptors (Lipinski definition) is 1. The molecule has 0 heterocycles. The van der Waals surface area contributed by atoms with Gasteiger partial charge in [0, 0.05) is 0 Å². The second-order valence-electron chi connectivity index (χ2n) is 1.80. The molecule has 1 N–H and O–H groups in total. The number of phenols is 1. The van der Waals surface area contributed by atoms with Crippen molar-refractivity contribution in [3.05, 3.63) is 36.4 Å². The molecule has 0 atom stereocenters. The molecule has 0 aliphatic rings. The first-order valence-corrected chi connectivity index (χ1v) is 2.74. The molecule has 10 heavy (non-hydrogen) atoms. The van der Waals surface area contributed by atoms with E-state index < -0.39 is 0 Å². The van der Waals surface area contributed by atoms with Crippen LogP contribution in [0.25, 0.3) is 6.08 Å². The maximum absolute atomic E-state index is 8.82. The summed E-state index contributed by atoms with van der Waals surface area (Å²) in [4.78, 5) is 0. The van der Waals surface area contributed by atoms with Gasteiger partial charge in [0.1, 0.15) is 5.75 Å². The Labute approximate surface area is 84.2 Å². The van der Waals surface area contributed by atoms with Crippen LogP contribution in [0.2, 0.25) is 0 Å². The minimum absolute atomic E-state index is 0. The molecule has 0 aliphatic carbocycles. The summed E-state index contributed by atoms with van der Waals surface area (Å²) in [7, 11) is 0. The Morgan fingerprint density at radius 2 is 1.80 bits per heavy atom. The van der Waals surface area contributed by atoms with Crippen LogP contribution in [0.15, 0.2) is 30.8 Å². The number of rotatable bonds is 1. The predicted octanol–water partition coefficient (Wildman–Crippen LogP) is -0.848. The van der Waals surface area contributed by atoms with Crippen LogP contribution in [-0.4, -0.2) is 5.11 Å². The largest absolute Gasteiger partial charge is 1.00 e. The number of aromatic hydroxyl groups is 1. The zero-order valence-electron chi connectivity index (χ0n) is 7.04. The molecule has 0 amide bonds. The van der Waals surface area contributed by atoms with Crippen molar-refractivity contribution in [1.82, 2.24) is 0 Å². The summed E-state index contributed by atoms with van der Waals surface area (Å²) in [5.74, 6) is 0.292. The van der Waals surface area contributed by atoms with E-state index in [1.807, 2.05) is 12.1 Å². The molecule has 0 unspecified atom stereocenters. The molecule has 2 heteroatoms. The first-order chi connectivity index (χ1) is 4.33. The van der Waals surface area contributed by atoms with E-state index >= 15 is 0 Å². The first-order valence-electron chi connectivity index (χ1n) is 2.74. The fourth-order valence-corrected chi connectivity index (χ4v) is 0.610. The smallest absolute Gasteiger partial charge is 1.00 e. The molecule has 0 bridgehead atoms. The van der Waals surface area contributed by atoms with Gasteiger partial charge in [-0.25, -0.2) is 0 Å². The van der Waals surface area contributed by atoms with E-state index in [0.29, 0.717) is 5.75 Å². The molecule has 0 saturated heterocycles. The molecule has 0 saturated carbocycles. The monoisotopic (exact) mass is 144 g/mol. The third kappa shape index (κ3) is 2.56. The van der Waals surface area contributed by atoms with Crippen LogP contribution < -0.4 is 29.6 Å². The molecule has 1 nitrogen and oxygen atoms in total. The van der Waals surface area contributed by atoms with E-state index in [1.54, 1.807) is 18.2 Å². The predicted molar refractivity (Wildman–Crippen MR) is 39.3 cm³/mol. The van der Waals surface area contributed by atoms with Crippen LogP contribution in [0.5, 0.6) is 5.75 Å². The summed E-state index contributed by atoms with van der Waals surface area (Å²) < 4.78 is 0. The average molecular weight is 144 g/mol. The Bertz CT molecular complexity index is 208. The number of hydrogen-bond donors (Lipinski definition) is 1. The van der Waals surface area contributed by atoms with Gasteiger partial charge in [0.25, 0.3) is 0 Å². The second kappa shape index (κ2) is 4.56. The summed E-state index contributed by atoms with van der Waals surface area (Å²) in [5.41, 5.74) is 1.02. The summed E-state index contributed by atoms with van der Waals surface area (Å²) in [6.07, 6.45) is 1.74. The van der Waals surface area contributed by atoms with Gasteiger partial charge < -0.3 is 6.53 Å². The summed E-state index contributed by atoms with van der Waals surface area (Å²) in [6.45, 7) is 3.58.